The fourth-order valence-electron chi connectivity index (χ4n) is 2.22. The van der Waals surface area contributed by atoms with E-state index in [2.05, 4.69) is 10.1 Å². The van der Waals surface area contributed by atoms with Gasteiger partial charge in [-0.2, -0.15) is 0 Å². The SMILES string of the molecule is C.CC(=O)OC(C)=O.CCC(=O)c1ccc(N)cc1.CCC(=O)c1ccc(NC(C)=O)cc1. The number of Topliss-reactive ketones (excluding diaryl/α,β-unsaturated/α-hetero) is 2. The lowest BCUT2D eigenvalue weighted by Gasteiger charge is -2.02. The van der Waals surface area contributed by atoms with Crippen LogP contribution in [0.15, 0.2) is 48.5 Å². The molecule has 0 saturated heterocycles. The Hall–Kier alpha value is -3.81. The van der Waals surface area contributed by atoms with Gasteiger partial charge in [0.05, 0.1) is 0 Å². The number of anilines is 2. The van der Waals surface area contributed by atoms with Gasteiger partial charge in [0.15, 0.2) is 11.6 Å². The van der Waals surface area contributed by atoms with Gasteiger partial charge in [0.1, 0.15) is 0 Å². The van der Waals surface area contributed by atoms with Crippen LogP contribution in [-0.4, -0.2) is 29.4 Å². The Kier molecular flexibility index (Phi) is 16.0. The van der Waals surface area contributed by atoms with Crippen molar-refractivity contribution in [1.29, 1.82) is 0 Å². The molecular formula is C25H34N2O6. The maximum absolute atomic E-state index is 11.3. The minimum Gasteiger partial charge on any atom is -0.399 e. The molecule has 8 heteroatoms. The minimum atomic E-state index is -0.562. The van der Waals surface area contributed by atoms with E-state index in [1.54, 1.807) is 48.5 Å². The Morgan fingerprint density at radius 1 is 0.727 bits per heavy atom. The van der Waals surface area contributed by atoms with Gasteiger partial charge in [0, 0.05) is 56.1 Å². The maximum Gasteiger partial charge on any atom is 0.310 e. The lowest BCUT2D eigenvalue weighted by molar-refractivity contribution is -0.156. The topological polar surface area (TPSA) is 133 Å². The lowest BCUT2D eigenvalue weighted by Crippen LogP contribution is -2.06. The second kappa shape index (κ2) is 16.8. The summed E-state index contributed by atoms with van der Waals surface area (Å²) >= 11 is 0. The van der Waals surface area contributed by atoms with Crippen LogP contribution >= 0.6 is 0 Å². The zero-order valence-corrected chi connectivity index (χ0v) is 19.1. The molecule has 3 N–H and O–H groups in total. The van der Waals surface area contributed by atoms with Crippen LogP contribution in [0.3, 0.4) is 0 Å². The van der Waals surface area contributed by atoms with E-state index >= 15 is 0 Å². The van der Waals surface area contributed by atoms with Crippen molar-refractivity contribution in [1.82, 2.24) is 0 Å². The number of benzene rings is 2. The average Bonchev–Trinajstić information content (AvgIpc) is 2.73. The van der Waals surface area contributed by atoms with Gasteiger partial charge in [0.2, 0.25) is 5.91 Å². The van der Waals surface area contributed by atoms with Crippen LogP contribution in [0.5, 0.6) is 0 Å². The van der Waals surface area contributed by atoms with Crippen molar-refractivity contribution in [2.45, 2.75) is 54.9 Å². The van der Waals surface area contributed by atoms with Gasteiger partial charge in [-0.05, 0) is 48.5 Å². The lowest BCUT2D eigenvalue weighted by atomic mass is 10.1. The van der Waals surface area contributed by atoms with Crippen LogP contribution < -0.4 is 11.1 Å². The number of nitrogens with two attached hydrogens (primary N) is 1. The minimum absolute atomic E-state index is 0. The molecule has 2 aromatic rings. The van der Waals surface area contributed by atoms with Gasteiger partial charge in [-0.3, -0.25) is 24.0 Å². The van der Waals surface area contributed by atoms with E-state index in [0.717, 1.165) is 5.56 Å². The first-order valence-corrected chi connectivity index (χ1v) is 9.98. The molecule has 0 spiro atoms. The van der Waals surface area contributed by atoms with E-state index in [1.807, 2.05) is 13.8 Å². The Morgan fingerprint density at radius 2 is 1.09 bits per heavy atom. The van der Waals surface area contributed by atoms with Crippen LogP contribution in [0.25, 0.3) is 0 Å². The molecule has 0 saturated carbocycles. The molecule has 180 valence electrons. The summed E-state index contributed by atoms with van der Waals surface area (Å²) in [5, 5.41) is 2.64. The molecule has 0 unspecified atom stereocenters. The number of nitrogens with one attached hydrogen (secondary N) is 1. The first-order valence-electron chi connectivity index (χ1n) is 9.98. The standard InChI is InChI=1S/C11H13NO2.C9H11NO.C4H6O3.CH4/c1-3-11(14)9-4-6-10(7-5-9)12-8(2)13;1-2-9(11)7-3-5-8(10)6-4-7;1-3(5)7-4(2)6;/h4-7H,3H2,1-2H3,(H,12,13);3-6H,2,10H2,1H3;1-2H3;1H4. The van der Waals surface area contributed by atoms with Crippen molar-refractivity contribution in [2.75, 3.05) is 11.1 Å². The summed E-state index contributed by atoms with van der Waals surface area (Å²) in [6.45, 7) is 7.48. The Balaban J connectivity index is 0. The number of rotatable bonds is 5. The molecule has 0 aromatic heterocycles. The molecule has 0 aliphatic heterocycles. The van der Waals surface area contributed by atoms with E-state index in [4.69, 9.17) is 5.73 Å². The highest BCUT2D eigenvalue weighted by Gasteiger charge is 2.02. The molecule has 0 aliphatic carbocycles. The monoisotopic (exact) mass is 458 g/mol. The summed E-state index contributed by atoms with van der Waals surface area (Å²) in [7, 11) is 0. The highest BCUT2D eigenvalue weighted by atomic mass is 16.6. The summed E-state index contributed by atoms with van der Waals surface area (Å²) in [6, 6.07) is 13.9. The highest BCUT2D eigenvalue weighted by Crippen LogP contribution is 2.11. The molecule has 2 aromatic carbocycles. The molecule has 33 heavy (non-hydrogen) atoms. The van der Waals surface area contributed by atoms with Crippen molar-refractivity contribution in [3.63, 3.8) is 0 Å². The highest BCUT2D eigenvalue weighted by molar-refractivity contribution is 5.97. The van der Waals surface area contributed by atoms with Crippen molar-refractivity contribution in [3.05, 3.63) is 59.7 Å². The van der Waals surface area contributed by atoms with Crippen LogP contribution in [0.2, 0.25) is 0 Å². The smallest absolute Gasteiger partial charge is 0.310 e. The van der Waals surface area contributed by atoms with E-state index in [1.165, 1.54) is 20.8 Å². The number of ketones is 2. The Labute approximate surface area is 195 Å². The van der Waals surface area contributed by atoms with Crippen LogP contribution in [-0.2, 0) is 19.1 Å². The molecule has 0 aliphatic rings. The fraction of sp³-hybridized carbons (Fsp3) is 0.320. The quantitative estimate of drug-likeness (QED) is 0.284. The van der Waals surface area contributed by atoms with Gasteiger partial charge in [-0.15, -0.1) is 0 Å². The Bertz CT molecular complexity index is 907. The number of amides is 1. The predicted molar refractivity (Wildman–Crippen MR) is 130 cm³/mol. The molecule has 1 amide bonds. The molecule has 0 radical (unpaired) electrons. The predicted octanol–water partition coefficient (Wildman–Crippen LogP) is 4.83. The molecule has 0 bridgehead atoms. The van der Waals surface area contributed by atoms with Crippen molar-refractivity contribution < 1.29 is 28.7 Å². The molecule has 0 heterocycles. The third-order valence-corrected chi connectivity index (χ3v) is 3.69. The third-order valence-electron chi connectivity index (χ3n) is 3.69. The van der Waals surface area contributed by atoms with Gasteiger partial charge >= 0.3 is 11.9 Å². The second-order valence-electron chi connectivity index (χ2n) is 6.52. The van der Waals surface area contributed by atoms with Gasteiger partial charge < -0.3 is 15.8 Å². The summed E-state index contributed by atoms with van der Waals surface area (Å²) in [5.74, 6) is -0.969. The number of carbonyl (C=O) groups is 5. The van der Waals surface area contributed by atoms with Gasteiger partial charge in [-0.1, -0.05) is 21.3 Å². The molecule has 0 fully saturated rings. The number of hydrogen-bond donors (Lipinski definition) is 2. The summed E-state index contributed by atoms with van der Waals surface area (Å²) < 4.78 is 3.97. The van der Waals surface area contributed by atoms with Crippen LogP contribution in [0, 0.1) is 0 Å². The van der Waals surface area contributed by atoms with E-state index in [0.29, 0.717) is 29.8 Å². The summed E-state index contributed by atoms with van der Waals surface area (Å²) in [5.41, 5.74) is 8.28. The summed E-state index contributed by atoms with van der Waals surface area (Å²) in [4.78, 5) is 52.7. The van der Waals surface area contributed by atoms with Crippen molar-refractivity contribution in [3.8, 4) is 0 Å². The molecule has 0 atom stereocenters. The van der Waals surface area contributed by atoms with Gasteiger partial charge in [0.25, 0.3) is 0 Å². The zero-order valence-electron chi connectivity index (χ0n) is 19.1. The largest absolute Gasteiger partial charge is 0.399 e. The molecule has 8 nitrogen and oxygen atoms in total. The Morgan fingerprint density at radius 3 is 1.36 bits per heavy atom. The van der Waals surface area contributed by atoms with Crippen molar-refractivity contribution >= 4 is 40.8 Å². The fourth-order valence-corrected chi connectivity index (χ4v) is 2.22. The van der Waals surface area contributed by atoms with Crippen LogP contribution in [0.4, 0.5) is 11.4 Å². The van der Waals surface area contributed by atoms with Crippen LogP contribution in [0.1, 0.15) is 75.6 Å². The third kappa shape index (κ3) is 14.8. The first kappa shape index (κ1) is 31.4. The number of nitrogen functional groups attached to an aromatic ring is 1. The normalized spacial score (nSPS) is 8.88. The number of carbonyl (C=O) groups excluding carboxylic acids is 5. The molecule has 2 rings (SSSR count). The summed E-state index contributed by atoms with van der Waals surface area (Å²) in [6.07, 6.45) is 1.05. The number of hydrogen-bond acceptors (Lipinski definition) is 7. The van der Waals surface area contributed by atoms with E-state index < -0.39 is 11.9 Å². The molecular weight excluding hydrogens is 424 g/mol. The maximum atomic E-state index is 11.3. The second-order valence-corrected chi connectivity index (χ2v) is 6.52. The zero-order chi connectivity index (χ0) is 24.7. The first-order chi connectivity index (χ1) is 15.0. The van der Waals surface area contributed by atoms with Gasteiger partial charge in [-0.25, -0.2) is 0 Å². The average molecular weight is 459 g/mol. The van der Waals surface area contributed by atoms with Crippen molar-refractivity contribution in [2.24, 2.45) is 0 Å². The number of esters is 2. The van der Waals surface area contributed by atoms with E-state index in [9.17, 15) is 24.0 Å². The van der Waals surface area contributed by atoms with E-state index in [-0.39, 0.29) is 24.9 Å². The number of ether oxygens (including phenoxy) is 1.